The summed E-state index contributed by atoms with van der Waals surface area (Å²) >= 11 is 1.67. The second-order valence-corrected chi connectivity index (χ2v) is 4.21. The molecule has 0 aliphatic rings. The Bertz CT molecular complexity index is 306. The van der Waals surface area contributed by atoms with Crippen LogP contribution < -0.4 is 5.73 Å². The van der Waals surface area contributed by atoms with Crippen molar-refractivity contribution in [2.24, 2.45) is 5.73 Å². The molecule has 0 saturated carbocycles. The van der Waals surface area contributed by atoms with Crippen molar-refractivity contribution in [3.05, 3.63) is 29.8 Å². The summed E-state index contributed by atoms with van der Waals surface area (Å²) in [6.07, 6.45) is 2.43. The molecule has 0 amide bonds. The number of carbonyl (C=O) groups excluding carboxylic acids is 1. The second-order valence-electron chi connectivity index (χ2n) is 3.33. The monoisotopic (exact) mass is 209 g/mol. The molecule has 0 heterocycles. The summed E-state index contributed by atoms with van der Waals surface area (Å²) < 4.78 is 0. The zero-order valence-electron chi connectivity index (χ0n) is 8.49. The van der Waals surface area contributed by atoms with Gasteiger partial charge in [-0.1, -0.05) is 12.1 Å². The summed E-state index contributed by atoms with van der Waals surface area (Å²) in [6.45, 7) is 1.84. The quantitative estimate of drug-likeness (QED) is 0.611. The van der Waals surface area contributed by atoms with Gasteiger partial charge >= 0.3 is 0 Å². The van der Waals surface area contributed by atoms with Crippen LogP contribution in [-0.4, -0.2) is 18.1 Å². The highest BCUT2D eigenvalue weighted by Gasteiger charge is 2.07. The van der Waals surface area contributed by atoms with Crippen molar-refractivity contribution in [3.8, 4) is 0 Å². The number of thioether (sulfide) groups is 1. The normalized spacial score (nSPS) is 12.5. The predicted octanol–water partition coefficient (Wildman–Crippen LogP) is 2.33. The zero-order chi connectivity index (χ0) is 10.6. The van der Waals surface area contributed by atoms with Crippen LogP contribution in [0, 0.1) is 0 Å². The lowest BCUT2D eigenvalue weighted by molar-refractivity contribution is 0.0976. The lowest BCUT2D eigenvalue weighted by Gasteiger charge is -2.04. The number of Topliss-reactive ketones (excluding diaryl/α,β-unsaturated/α-hetero) is 1. The Labute approximate surface area is 88.9 Å². The molecule has 0 radical (unpaired) electrons. The van der Waals surface area contributed by atoms with Crippen molar-refractivity contribution < 1.29 is 4.79 Å². The molecule has 0 spiro atoms. The zero-order valence-corrected chi connectivity index (χ0v) is 9.30. The van der Waals surface area contributed by atoms with Crippen molar-refractivity contribution in [3.63, 3.8) is 0 Å². The molecule has 1 aromatic rings. The van der Waals surface area contributed by atoms with E-state index in [1.54, 1.807) is 11.8 Å². The molecule has 1 atom stereocenters. The van der Waals surface area contributed by atoms with Crippen molar-refractivity contribution in [1.82, 2.24) is 0 Å². The minimum atomic E-state index is -0.0669. The van der Waals surface area contributed by atoms with Crippen LogP contribution in [0.15, 0.2) is 29.2 Å². The van der Waals surface area contributed by atoms with Gasteiger partial charge in [-0.3, -0.25) is 4.79 Å². The summed E-state index contributed by atoms with van der Waals surface area (Å²) in [5.74, 6) is 0.118. The van der Waals surface area contributed by atoms with E-state index >= 15 is 0 Å². The van der Waals surface area contributed by atoms with Crippen LogP contribution in [0.4, 0.5) is 0 Å². The maximum Gasteiger partial charge on any atom is 0.164 e. The molecular weight excluding hydrogens is 194 g/mol. The fourth-order valence-corrected chi connectivity index (χ4v) is 1.60. The largest absolute Gasteiger partial charge is 0.328 e. The van der Waals surface area contributed by atoms with Gasteiger partial charge in [0.2, 0.25) is 0 Å². The van der Waals surface area contributed by atoms with E-state index in [4.69, 9.17) is 5.73 Å². The molecule has 0 aliphatic carbocycles. The van der Waals surface area contributed by atoms with E-state index in [1.807, 2.05) is 37.4 Å². The van der Waals surface area contributed by atoms with Crippen LogP contribution in [0.25, 0.3) is 0 Å². The summed E-state index contributed by atoms with van der Waals surface area (Å²) in [5, 5.41) is 0. The molecule has 2 nitrogen and oxygen atoms in total. The Morgan fingerprint density at radius 1 is 1.43 bits per heavy atom. The van der Waals surface area contributed by atoms with Crippen LogP contribution in [0.2, 0.25) is 0 Å². The lowest BCUT2D eigenvalue weighted by atomic mass is 10.1. The average Bonchev–Trinajstić information content (AvgIpc) is 2.17. The van der Waals surface area contributed by atoms with Gasteiger partial charge in [-0.25, -0.2) is 0 Å². The summed E-state index contributed by atoms with van der Waals surface area (Å²) in [5.41, 5.74) is 6.31. The highest BCUT2D eigenvalue weighted by Crippen LogP contribution is 2.15. The van der Waals surface area contributed by atoms with Crippen molar-refractivity contribution in [1.29, 1.82) is 0 Å². The number of carbonyl (C=O) groups is 1. The maximum atomic E-state index is 11.6. The van der Waals surface area contributed by atoms with Crippen molar-refractivity contribution >= 4 is 17.5 Å². The van der Waals surface area contributed by atoms with Gasteiger partial charge in [-0.05, 0) is 25.3 Å². The molecule has 1 unspecified atom stereocenters. The molecular formula is C11H15NOS. The molecule has 1 aromatic carbocycles. The van der Waals surface area contributed by atoms with E-state index in [0.717, 1.165) is 5.56 Å². The molecule has 0 aliphatic heterocycles. The number of hydrogen-bond donors (Lipinski definition) is 1. The Morgan fingerprint density at radius 2 is 2.00 bits per heavy atom. The van der Waals surface area contributed by atoms with Gasteiger partial charge in [0, 0.05) is 22.9 Å². The molecule has 0 saturated heterocycles. The van der Waals surface area contributed by atoms with Gasteiger partial charge in [0.05, 0.1) is 0 Å². The molecule has 0 bridgehead atoms. The fraction of sp³-hybridized carbons (Fsp3) is 0.364. The smallest absolute Gasteiger partial charge is 0.164 e. The van der Waals surface area contributed by atoms with E-state index < -0.39 is 0 Å². The average molecular weight is 209 g/mol. The van der Waals surface area contributed by atoms with Gasteiger partial charge in [-0.2, -0.15) is 0 Å². The van der Waals surface area contributed by atoms with E-state index in [-0.39, 0.29) is 11.8 Å². The minimum absolute atomic E-state index is 0.0669. The summed E-state index contributed by atoms with van der Waals surface area (Å²) in [4.78, 5) is 12.7. The van der Waals surface area contributed by atoms with Gasteiger partial charge < -0.3 is 5.73 Å². The number of ketones is 1. The van der Waals surface area contributed by atoms with Gasteiger partial charge in [0.25, 0.3) is 0 Å². The molecule has 14 heavy (non-hydrogen) atoms. The van der Waals surface area contributed by atoms with Crippen molar-refractivity contribution in [2.75, 3.05) is 6.26 Å². The number of benzene rings is 1. The number of rotatable bonds is 4. The Kier molecular flexibility index (Phi) is 4.17. The maximum absolute atomic E-state index is 11.6. The van der Waals surface area contributed by atoms with Gasteiger partial charge in [0.15, 0.2) is 5.78 Å². The fourth-order valence-electron chi connectivity index (χ4n) is 1.19. The third-order valence-electron chi connectivity index (χ3n) is 1.92. The molecule has 2 N–H and O–H groups in total. The molecule has 0 aromatic heterocycles. The minimum Gasteiger partial charge on any atom is -0.328 e. The molecule has 1 rings (SSSR count). The van der Waals surface area contributed by atoms with E-state index in [0.29, 0.717) is 6.42 Å². The number of nitrogens with two attached hydrogens (primary N) is 1. The van der Waals surface area contributed by atoms with E-state index in [9.17, 15) is 4.79 Å². The summed E-state index contributed by atoms with van der Waals surface area (Å²) in [7, 11) is 0. The second kappa shape index (κ2) is 5.17. The molecule has 3 heteroatoms. The molecule has 76 valence electrons. The standard InChI is InChI=1S/C11H15NOS/c1-8(12)7-11(13)9-3-5-10(14-2)6-4-9/h3-6,8H,7,12H2,1-2H3. The predicted molar refractivity (Wildman–Crippen MR) is 60.8 cm³/mol. The number of hydrogen-bond acceptors (Lipinski definition) is 3. The van der Waals surface area contributed by atoms with Crippen LogP contribution in [-0.2, 0) is 0 Å². The first-order chi connectivity index (χ1) is 6.63. The highest BCUT2D eigenvalue weighted by atomic mass is 32.2. The topological polar surface area (TPSA) is 43.1 Å². The Balaban J connectivity index is 2.71. The Hall–Kier alpha value is -0.800. The van der Waals surface area contributed by atoms with E-state index in [1.165, 1.54) is 4.90 Å². The van der Waals surface area contributed by atoms with Gasteiger partial charge in [-0.15, -0.1) is 11.8 Å². The molecule has 0 fully saturated rings. The van der Waals surface area contributed by atoms with Gasteiger partial charge in [0.1, 0.15) is 0 Å². The third kappa shape index (κ3) is 3.16. The Morgan fingerprint density at radius 3 is 2.43 bits per heavy atom. The first kappa shape index (κ1) is 11.3. The SMILES string of the molecule is CSc1ccc(C(=O)CC(C)N)cc1. The lowest BCUT2D eigenvalue weighted by Crippen LogP contribution is -2.19. The summed E-state index contributed by atoms with van der Waals surface area (Å²) in [6, 6.07) is 7.56. The van der Waals surface area contributed by atoms with Crippen molar-refractivity contribution in [2.45, 2.75) is 24.3 Å². The third-order valence-corrected chi connectivity index (χ3v) is 2.66. The van der Waals surface area contributed by atoms with Crippen LogP contribution in [0.1, 0.15) is 23.7 Å². The van der Waals surface area contributed by atoms with Crippen LogP contribution in [0.3, 0.4) is 0 Å². The first-order valence-corrected chi connectivity index (χ1v) is 5.79. The first-order valence-electron chi connectivity index (χ1n) is 4.56. The van der Waals surface area contributed by atoms with E-state index in [2.05, 4.69) is 0 Å². The highest BCUT2D eigenvalue weighted by molar-refractivity contribution is 7.98. The van der Waals surface area contributed by atoms with Crippen LogP contribution >= 0.6 is 11.8 Å². The van der Waals surface area contributed by atoms with Crippen LogP contribution in [0.5, 0.6) is 0 Å².